The smallest absolute Gasteiger partial charge is 0.305 e. The van der Waals surface area contributed by atoms with E-state index < -0.39 is 12.1 Å². The zero-order valence-corrected chi connectivity index (χ0v) is 62.4. The maximum Gasteiger partial charge on any atom is 0.305 e. The van der Waals surface area contributed by atoms with Gasteiger partial charge in [0.15, 0.2) is 0 Å². The highest BCUT2D eigenvalue weighted by molar-refractivity contribution is 5.76. The number of amides is 1. The summed E-state index contributed by atoms with van der Waals surface area (Å²) in [5.41, 5.74) is 0. The minimum Gasteiger partial charge on any atom is -0.466 e. The fourth-order valence-electron chi connectivity index (χ4n) is 13.9. The van der Waals surface area contributed by atoms with Crippen molar-refractivity contribution in [3.05, 3.63) is 12.2 Å². The zero-order valence-electron chi connectivity index (χ0n) is 62.4. The molecule has 0 saturated carbocycles. The zero-order chi connectivity index (χ0) is 65.6. The average Bonchev–Trinajstić information content (AvgIpc) is 3.67. The topological polar surface area (TPSA) is 95.9 Å². The lowest BCUT2D eigenvalue weighted by Crippen LogP contribution is -2.45. The first-order valence-corrected chi connectivity index (χ1v) is 42.4. The summed E-state index contributed by atoms with van der Waals surface area (Å²) >= 11 is 0. The number of hydrogen-bond acceptors (Lipinski definition) is 5. The van der Waals surface area contributed by atoms with Crippen LogP contribution in [0.15, 0.2) is 12.2 Å². The summed E-state index contributed by atoms with van der Waals surface area (Å²) in [5.74, 6) is 0.000128. The van der Waals surface area contributed by atoms with Crippen LogP contribution in [0.25, 0.3) is 0 Å². The van der Waals surface area contributed by atoms with Crippen LogP contribution < -0.4 is 5.32 Å². The van der Waals surface area contributed by atoms with Crippen molar-refractivity contribution >= 4 is 11.9 Å². The van der Waals surface area contributed by atoms with E-state index in [1.807, 2.05) is 0 Å². The van der Waals surface area contributed by atoms with Gasteiger partial charge in [-0.15, -0.1) is 0 Å². The third kappa shape index (κ3) is 77.5. The molecule has 0 aliphatic carbocycles. The summed E-state index contributed by atoms with van der Waals surface area (Å²) in [6.45, 7) is 5.02. The van der Waals surface area contributed by atoms with Gasteiger partial charge < -0.3 is 20.3 Å². The molecule has 0 aliphatic heterocycles. The Labute approximate surface area is 571 Å². The number of carbonyl (C=O) groups excluding carboxylic acids is 2. The number of aliphatic hydroxyl groups is 2. The van der Waals surface area contributed by atoms with Crippen molar-refractivity contribution in [2.75, 3.05) is 13.2 Å². The van der Waals surface area contributed by atoms with E-state index in [1.54, 1.807) is 0 Å². The van der Waals surface area contributed by atoms with E-state index in [0.29, 0.717) is 25.9 Å². The first-order valence-electron chi connectivity index (χ1n) is 42.4. The van der Waals surface area contributed by atoms with Gasteiger partial charge in [0.25, 0.3) is 0 Å². The number of nitrogens with one attached hydrogen (secondary N) is 1. The normalized spacial score (nSPS) is 12.4. The minimum atomic E-state index is -0.663. The van der Waals surface area contributed by atoms with Crippen LogP contribution in [-0.2, 0) is 14.3 Å². The van der Waals surface area contributed by atoms with E-state index in [0.717, 1.165) is 38.5 Å². The largest absolute Gasteiger partial charge is 0.466 e. The van der Waals surface area contributed by atoms with Gasteiger partial charge in [-0.2, -0.15) is 0 Å². The van der Waals surface area contributed by atoms with Crippen molar-refractivity contribution in [1.82, 2.24) is 5.32 Å². The molecule has 0 radical (unpaired) electrons. The van der Waals surface area contributed by atoms with E-state index in [2.05, 4.69) is 31.3 Å². The van der Waals surface area contributed by atoms with Crippen molar-refractivity contribution in [2.45, 2.75) is 508 Å². The van der Waals surface area contributed by atoms with Gasteiger partial charge in [0.1, 0.15) is 0 Å². The molecule has 0 aromatic carbocycles. The Hall–Kier alpha value is -1.40. The molecular formula is C85H167NO5. The van der Waals surface area contributed by atoms with Crippen LogP contribution in [0.5, 0.6) is 0 Å². The first kappa shape index (κ1) is 89.6. The van der Waals surface area contributed by atoms with E-state index in [1.165, 1.54) is 424 Å². The Morgan fingerprint density at radius 3 is 0.780 bits per heavy atom. The van der Waals surface area contributed by atoms with Gasteiger partial charge in [-0.3, -0.25) is 9.59 Å². The molecule has 1 amide bonds. The van der Waals surface area contributed by atoms with Crippen molar-refractivity contribution in [2.24, 2.45) is 0 Å². The molecule has 0 spiro atoms. The van der Waals surface area contributed by atoms with E-state index in [9.17, 15) is 19.8 Å². The molecule has 91 heavy (non-hydrogen) atoms. The fraction of sp³-hybridized carbons (Fsp3) is 0.953. The summed E-state index contributed by atoms with van der Waals surface area (Å²) in [4.78, 5) is 24.7. The Morgan fingerprint density at radius 1 is 0.297 bits per heavy atom. The molecule has 0 aromatic rings. The number of allylic oxidation sites excluding steroid dienone is 2. The molecule has 2 atom stereocenters. The highest BCUT2D eigenvalue weighted by Gasteiger charge is 2.20. The van der Waals surface area contributed by atoms with Crippen LogP contribution in [0.3, 0.4) is 0 Å². The summed E-state index contributed by atoms with van der Waals surface area (Å²) in [6, 6.07) is -0.540. The SMILES string of the molecule is CCCCCCCCCCCCCCCCCCCCCCCCCC(O)C(CO)NC(=O)CCCCCCCCCCCCCCCCCCC/C=C\CCCCCCCCCCCCCCCCOC(=O)CCCCCCCCCCCCCCCCCC. The second kappa shape index (κ2) is 81.0. The molecule has 0 fully saturated rings. The number of carbonyl (C=O) groups is 2. The van der Waals surface area contributed by atoms with Crippen molar-refractivity contribution in [3.63, 3.8) is 0 Å². The summed E-state index contributed by atoms with van der Waals surface area (Å²) in [7, 11) is 0. The molecule has 0 rings (SSSR count). The summed E-state index contributed by atoms with van der Waals surface area (Å²) < 4.78 is 5.51. The highest BCUT2D eigenvalue weighted by Crippen LogP contribution is 2.21. The maximum absolute atomic E-state index is 12.6. The van der Waals surface area contributed by atoms with E-state index in [4.69, 9.17) is 4.74 Å². The second-order valence-electron chi connectivity index (χ2n) is 29.5. The molecular weight excluding hydrogens is 1110 g/mol. The monoisotopic (exact) mass is 1280 g/mol. The quantitative estimate of drug-likeness (QED) is 0.0320. The van der Waals surface area contributed by atoms with Crippen LogP contribution in [-0.4, -0.2) is 47.4 Å². The van der Waals surface area contributed by atoms with Gasteiger partial charge in [0.2, 0.25) is 5.91 Å². The van der Waals surface area contributed by atoms with Gasteiger partial charge in [-0.1, -0.05) is 443 Å². The van der Waals surface area contributed by atoms with Crippen molar-refractivity contribution < 1.29 is 24.5 Å². The van der Waals surface area contributed by atoms with Gasteiger partial charge in [0, 0.05) is 12.8 Å². The van der Waals surface area contributed by atoms with Crippen molar-refractivity contribution in [1.29, 1.82) is 0 Å². The lowest BCUT2D eigenvalue weighted by molar-refractivity contribution is -0.143. The Kier molecular flexibility index (Phi) is 79.8. The molecule has 0 aromatic heterocycles. The minimum absolute atomic E-state index is 0.0250. The van der Waals surface area contributed by atoms with Crippen LogP contribution in [0.1, 0.15) is 495 Å². The van der Waals surface area contributed by atoms with Crippen LogP contribution >= 0.6 is 0 Å². The van der Waals surface area contributed by atoms with Gasteiger partial charge in [-0.25, -0.2) is 0 Å². The molecule has 6 nitrogen and oxygen atoms in total. The fourth-order valence-corrected chi connectivity index (χ4v) is 13.9. The number of ether oxygens (including phenoxy) is 1. The van der Waals surface area contributed by atoms with E-state index >= 15 is 0 Å². The van der Waals surface area contributed by atoms with Crippen LogP contribution in [0, 0.1) is 0 Å². The average molecular weight is 1280 g/mol. The number of hydrogen-bond donors (Lipinski definition) is 3. The predicted octanol–water partition coefficient (Wildman–Crippen LogP) is 28.2. The lowest BCUT2D eigenvalue weighted by Gasteiger charge is -2.22. The Bertz CT molecular complexity index is 1380. The molecule has 0 saturated heterocycles. The van der Waals surface area contributed by atoms with Gasteiger partial charge >= 0.3 is 5.97 Å². The molecule has 2 unspecified atom stereocenters. The van der Waals surface area contributed by atoms with Gasteiger partial charge in [-0.05, 0) is 51.4 Å². The van der Waals surface area contributed by atoms with Gasteiger partial charge in [0.05, 0.1) is 25.4 Å². The number of rotatable bonds is 81. The third-order valence-corrected chi connectivity index (χ3v) is 20.3. The molecule has 6 heteroatoms. The molecule has 0 aliphatic rings. The number of unbranched alkanes of at least 4 members (excludes halogenated alkanes) is 68. The molecule has 0 heterocycles. The third-order valence-electron chi connectivity index (χ3n) is 20.3. The van der Waals surface area contributed by atoms with Crippen LogP contribution in [0.2, 0.25) is 0 Å². The lowest BCUT2D eigenvalue weighted by atomic mass is 10.0. The summed E-state index contributed by atoms with van der Waals surface area (Å²) in [6.07, 6.45) is 103. The number of esters is 1. The Balaban J connectivity index is 3.33. The molecule has 542 valence electrons. The highest BCUT2D eigenvalue weighted by atomic mass is 16.5. The van der Waals surface area contributed by atoms with E-state index in [-0.39, 0.29) is 18.5 Å². The van der Waals surface area contributed by atoms with Crippen molar-refractivity contribution in [3.8, 4) is 0 Å². The second-order valence-corrected chi connectivity index (χ2v) is 29.5. The Morgan fingerprint density at radius 2 is 0.516 bits per heavy atom. The molecule has 3 N–H and O–H groups in total. The van der Waals surface area contributed by atoms with Crippen LogP contribution in [0.4, 0.5) is 0 Å². The standard InChI is InChI=1S/C85H167NO5/c1-3-5-7-9-11-13-15-17-19-21-22-23-37-40-43-46-49-53-57-61-65-69-73-77-83(88)82(81-87)86-84(89)78-74-70-66-62-58-54-50-47-44-41-38-35-33-31-29-27-25-24-26-28-30-32-34-36-39-42-45-48-52-56-60-64-68-72-76-80-91-85(90)79-75-71-67-63-59-55-51-20-18-16-14-12-10-8-6-4-2/h26,28,82-83,87-88H,3-25,27,29-81H2,1-2H3,(H,86,89)/b28-26-. The number of aliphatic hydroxyl groups excluding tert-OH is 2. The first-order chi connectivity index (χ1) is 45.0. The molecule has 0 bridgehead atoms. The maximum atomic E-state index is 12.6. The summed E-state index contributed by atoms with van der Waals surface area (Å²) in [5, 5.41) is 23.5. The predicted molar refractivity (Wildman–Crippen MR) is 403 cm³/mol.